The van der Waals surface area contributed by atoms with E-state index in [1.165, 1.54) is 71.5 Å². The normalized spacial score (nSPS) is 19.7. The summed E-state index contributed by atoms with van der Waals surface area (Å²) >= 11 is 0. The first kappa shape index (κ1) is 42.8. The van der Waals surface area contributed by atoms with Crippen LogP contribution in [0.25, 0.3) is 93.7 Å². The number of allylic oxidation sites excluding steroid dienone is 2. The molecule has 0 spiro atoms. The Kier molecular flexibility index (Phi) is 9.91. The Hall–Kier alpha value is -8.86. The van der Waals surface area contributed by atoms with Gasteiger partial charge in [-0.2, -0.15) is 0 Å². The largest absolute Gasteiger partial charge is 0.455 e. The molecule has 2 aliphatic carbocycles. The summed E-state index contributed by atoms with van der Waals surface area (Å²) in [4.78, 5) is 12.1. The topological polar surface area (TPSA) is 42.8 Å². The predicted molar refractivity (Wildman–Crippen MR) is 310 cm³/mol. The van der Waals surface area contributed by atoms with Gasteiger partial charge in [-0.15, -0.1) is 0 Å². The zero-order valence-electron chi connectivity index (χ0n) is 41.2. The summed E-state index contributed by atoms with van der Waals surface area (Å²) < 4.78 is 9.50. The molecule has 0 amide bonds. The molecule has 0 bridgehead atoms. The highest BCUT2D eigenvalue weighted by Crippen LogP contribution is 2.52. The number of hydrogen-bond donors (Lipinski definition) is 0. The lowest BCUT2D eigenvalue weighted by atomic mass is 9.78. The lowest BCUT2D eigenvalue weighted by molar-refractivity contribution is 0.671. The quantitative estimate of drug-likeness (QED) is 0.169. The van der Waals surface area contributed by atoms with Crippen LogP contribution in [0.15, 0.2) is 233 Å². The minimum absolute atomic E-state index is 0.0123. The molecule has 12 aromatic rings. The predicted octanol–water partition coefficient (Wildman–Crippen LogP) is 18.2. The number of rotatable bonds is 5. The van der Waals surface area contributed by atoms with Crippen molar-refractivity contribution in [2.24, 2.45) is 15.9 Å². The number of benzene rings is 10. The lowest BCUT2D eigenvalue weighted by Gasteiger charge is -2.28. The zero-order chi connectivity index (χ0) is 48.9. The minimum Gasteiger partial charge on any atom is -0.455 e. The van der Waals surface area contributed by atoms with Gasteiger partial charge in [0.1, 0.15) is 11.2 Å². The highest BCUT2D eigenvalue weighted by Gasteiger charge is 2.35. The first-order valence-electron chi connectivity index (χ1n) is 26.3. The second-order valence-corrected chi connectivity index (χ2v) is 20.6. The van der Waals surface area contributed by atoms with Crippen LogP contribution in [0.4, 0.5) is 0 Å². The van der Waals surface area contributed by atoms with E-state index < -0.39 is 0 Å². The van der Waals surface area contributed by atoms with Gasteiger partial charge in [-0.3, -0.25) is 0 Å². The zero-order valence-corrected chi connectivity index (χ0v) is 41.2. The Morgan fingerprint density at radius 3 is 2.07 bits per heavy atom. The Balaban J connectivity index is 1.01. The number of furan rings is 1. The Morgan fingerprint density at radius 1 is 0.527 bits per heavy atom. The number of amidine groups is 1. The van der Waals surface area contributed by atoms with Gasteiger partial charge >= 0.3 is 0 Å². The van der Waals surface area contributed by atoms with Crippen LogP contribution in [0, 0.1) is 5.92 Å². The summed E-state index contributed by atoms with van der Waals surface area (Å²) in [5.74, 6) is 0.883. The van der Waals surface area contributed by atoms with Gasteiger partial charge in [0.15, 0.2) is 5.84 Å². The van der Waals surface area contributed by atoms with Crippen molar-refractivity contribution in [3.8, 4) is 16.8 Å². The van der Waals surface area contributed by atoms with Gasteiger partial charge in [-0.25, -0.2) is 9.98 Å². The van der Waals surface area contributed by atoms with Crippen LogP contribution in [0.3, 0.4) is 0 Å². The maximum atomic E-state index is 7.06. The fraction of sp³-hybridized carbons (Fsp3) is 0.114. The molecule has 0 saturated heterocycles. The summed E-state index contributed by atoms with van der Waals surface area (Å²) in [7, 11) is 0. The second kappa shape index (κ2) is 17.1. The van der Waals surface area contributed by atoms with Gasteiger partial charge in [-0.05, 0) is 128 Å². The molecule has 3 aliphatic rings. The maximum absolute atomic E-state index is 7.06. The van der Waals surface area contributed by atoms with Gasteiger partial charge in [0.25, 0.3) is 0 Å². The molecule has 2 aromatic heterocycles. The highest BCUT2D eigenvalue weighted by atomic mass is 16.3. The van der Waals surface area contributed by atoms with Crippen molar-refractivity contribution in [3.05, 3.63) is 257 Å². The molecule has 3 heterocycles. The Labute approximate surface area is 430 Å². The van der Waals surface area contributed by atoms with Crippen LogP contribution in [0.5, 0.6) is 0 Å². The second-order valence-electron chi connectivity index (χ2n) is 20.6. The number of para-hydroxylation sites is 3. The molecule has 0 N–H and O–H groups in total. The van der Waals surface area contributed by atoms with Crippen molar-refractivity contribution >= 4 is 88.5 Å². The molecule has 0 fully saturated rings. The van der Waals surface area contributed by atoms with Gasteiger partial charge in [-0.1, -0.05) is 195 Å². The third-order valence-electron chi connectivity index (χ3n) is 16.5. The van der Waals surface area contributed by atoms with E-state index in [1.54, 1.807) is 0 Å². The summed E-state index contributed by atoms with van der Waals surface area (Å²) in [5, 5.41) is 10.6. The molecular formula is C70H51N3O. The maximum Gasteiger partial charge on any atom is 0.160 e. The van der Waals surface area contributed by atoms with Crippen LogP contribution >= 0.6 is 0 Å². The SMILES string of the molecule is CC1C/C=C(c2c([C@H]3CCc4cc5ccccc5cc4-c4ccccc43)c3c4ccccc4oc3c3ccccc23)/N=C(c2cccc3ccccc23)\N=C/1C1CC=Cc2c1c1ccccc1n2-c1ccccc1. The molecule has 4 heteroatoms. The van der Waals surface area contributed by atoms with Crippen molar-refractivity contribution in [2.45, 2.75) is 44.4 Å². The van der Waals surface area contributed by atoms with Gasteiger partial charge in [0.05, 0.1) is 16.9 Å². The first-order valence-corrected chi connectivity index (χ1v) is 26.3. The molecular weight excluding hydrogens is 899 g/mol. The van der Waals surface area contributed by atoms with E-state index in [0.717, 1.165) is 92.5 Å². The molecule has 3 atom stereocenters. The average molecular weight is 950 g/mol. The first-order chi connectivity index (χ1) is 36.6. The Bertz CT molecular complexity index is 4400. The van der Waals surface area contributed by atoms with Crippen molar-refractivity contribution in [1.82, 2.24) is 4.57 Å². The number of aromatic nitrogens is 1. The molecule has 1 aliphatic heterocycles. The molecule has 15 rings (SSSR count). The number of fused-ring (bicyclic) bond motifs is 13. The van der Waals surface area contributed by atoms with Crippen LogP contribution < -0.4 is 0 Å². The van der Waals surface area contributed by atoms with Crippen LogP contribution in [0.1, 0.15) is 77.1 Å². The van der Waals surface area contributed by atoms with Crippen molar-refractivity contribution in [2.75, 3.05) is 0 Å². The fourth-order valence-corrected chi connectivity index (χ4v) is 13.2. The van der Waals surface area contributed by atoms with E-state index in [4.69, 9.17) is 14.4 Å². The average Bonchev–Trinajstić information content (AvgIpc) is 3.96. The van der Waals surface area contributed by atoms with Gasteiger partial charge in [0.2, 0.25) is 0 Å². The summed E-state index contributed by atoms with van der Waals surface area (Å²) in [6.07, 6.45) is 10.6. The minimum atomic E-state index is 0.0123. The van der Waals surface area contributed by atoms with E-state index in [2.05, 4.69) is 236 Å². The van der Waals surface area contributed by atoms with E-state index in [0.29, 0.717) is 0 Å². The summed E-state index contributed by atoms with van der Waals surface area (Å²) in [6.45, 7) is 2.39. The third-order valence-corrected chi connectivity index (χ3v) is 16.5. The van der Waals surface area contributed by atoms with Crippen LogP contribution in [-0.4, -0.2) is 16.1 Å². The number of aryl methyl sites for hydroxylation is 1. The number of hydrogen-bond acceptors (Lipinski definition) is 3. The fourth-order valence-electron chi connectivity index (χ4n) is 13.2. The molecule has 0 saturated carbocycles. The molecule has 4 nitrogen and oxygen atoms in total. The van der Waals surface area contributed by atoms with Gasteiger partial charge < -0.3 is 8.98 Å². The molecule has 2 unspecified atom stereocenters. The van der Waals surface area contributed by atoms with E-state index in [9.17, 15) is 0 Å². The van der Waals surface area contributed by atoms with Crippen LogP contribution in [0.2, 0.25) is 0 Å². The van der Waals surface area contributed by atoms with Crippen molar-refractivity contribution < 1.29 is 4.42 Å². The third kappa shape index (κ3) is 6.67. The molecule has 352 valence electrons. The number of aliphatic imine (C=N–C) groups is 2. The Morgan fingerprint density at radius 2 is 1.20 bits per heavy atom. The molecule has 74 heavy (non-hydrogen) atoms. The summed E-state index contributed by atoms with van der Waals surface area (Å²) in [5.41, 5.74) is 17.7. The molecule has 10 aromatic carbocycles. The van der Waals surface area contributed by atoms with Crippen molar-refractivity contribution in [1.29, 1.82) is 0 Å². The van der Waals surface area contributed by atoms with Crippen LogP contribution in [-0.2, 0) is 6.42 Å². The standard InChI is InChI=1S/C70H51N3O/c1-43-37-40-60(71-70(55-32-17-22-44-19-7-8-25-49(44)55)72-68(43)58-33-18-35-62-64(58)56-30-13-15-34-61(56)73(62)48-23-3-2-4-24-48)65-52-28-11-12-29-54(52)69-67(57-31-14-16-36-63(57)74-69)66(65)53-39-38-47-41-45-20-5-6-21-46(45)42-59(47)51-27-10-9-26-50(51)53/h2-32,34-36,40-43,53,58H,33,37-39H2,1H3/b60-40+,71-70-,72-68+/t43?,53-,58?/m0/s1. The monoisotopic (exact) mass is 949 g/mol. The lowest BCUT2D eigenvalue weighted by Crippen LogP contribution is -2.24. The van der Waals surface area contributed by atoms with E-state index in [-0.39, 0.29) is 17.8 Å². The smallest absolute Gasteiger partial charge is 0.160 e. The summed E-state index contributed by atoms with van der Waals surface area (Å²) in [6, 6.07) is 75.4. The number of nitrogens with zero attached hydrogens (tertiary/aromatic N) is 3. The van der Waals surface area contributed by atoms with Gasteiger partial charge in [0, 0.05) is 55.9 Å². The van der Waals surface area contributed by atoms with Crippen molar-refractivity contribution in [3.63, 3.8) is 0 Å². The van der Waals surface area contributed by atoms with E-state index in [1.807, 2.05) is 0 Å². The van der Waals surface area contributed by atoms with E-state index >= 15 is 0 Å². The molecule has 0 radical (unpaired) electrons. The highest BCUT2D eigenvalue weighted by molar-refractivity contribution is 6.22.